The monoisotopic (exact) mass is 437 g/mol. The van der Waals surface area contributed by atoms with E-state index in [1.165, 1.54) is 15.7 Å². The molecule has 3 rings (SSSR count). The number of halogens is 1. The summed E-state index contributed by atoms with van der Waals surface area (Å²) in [7, 11) is 1.68. The molecule has 0 aliphatic rings. The fraction of sp³-hybridized carbons (Fsp3) is 0.357. The Hall–Kier alpha value is -3.09. The van der Waals surface area contributed by atoms with Crippen molar-refractivity contribution >= 4 is 27.8 Å². The van der Waals surface area contributed by atoms with E-state index in [4.69, 9.17) is 0 Å². The maximum atomic E-state index is 12.6. The third kappa shape index (κ3) is 4.02. The Bertz CT molecular complexity index is 976. The van der Waals surface area contributed by atoms with Gasteiger partial charge in [-0.25, -0.2) is 4.68 Å². The minimum atomic E-state index is -0.678. The number of hydrogen-bond donors (Lipinski definition) is 0. The Balaban J connectivity index is 1.68. The molecular weight excluding hydrogens is 422 g/mol. The molecule has 142 valence electrons. The molecule has 0 N–H and O–H groups in total. The summed E-state index contributed by atoms with van der Waals surface area (Å²) in [6.07, 6.45) is 4.53. The maximum Gasteiger partial charge on any atom is 0.491 e. The Morgan fingerprint density at radius 3 is 2.81 bits per heavy atom. The number of nitrogens with zero attached hydrogens (tertiary/aromatic N) is 9. The van der Waals surface area contributed by atoms with Crippen LogP contribution in [0.5, 0.6) is 0 Å². The fourth-order valence-corrected chi connectivity index (χ4v) is 2.87. The average Bonchev–Trinajstić information content (AvgIpc) is 3.36. The van der Waals surface area contributed by atoms with Crippen LogP contribution in [-0.4, -0.2) is 57.1 Å². The zero-order valence-corrected chi connectivity index (χ0v) is 16.1. The van der Waals surface area contributed by atoms with Crippen molar-refractivity contribution in [3.05, 3.63) is 50.8 Å². The summed E-state index contributed by atoms with van der Waals surface area (Å²) in [5, 5.41) is 22.8. The number of hydrogen-bond acceptors (Lipinski definition) is 7. The second kappa shape index (κ2) is 7.65. The Kier molecular flexibility index (Phi) is 5.30. The predicted molar refractivity (Wildman–Crippen MR) is 95.7 cm³/mol. The van der Waals surface area contributed by atoms with Gasteiger partial charge in [-0.3, -0.25) is 9.48 Å². The smallest absolute Gasteiger partial charge is 0.390 e. The van der Waals surface area contributed by atoms with Crippen molar-refractivity contribution in [3.8, 4) is 0 Å². The highest BCUT2D eigenvalue weighted by Crippen LogP contribution is 2.18. The highest BCUT2D eigenvalue weighted by molar-refractivity contribution is 9.10. The molecule has 1 amide bonds. The van der Waals surface area contributed by atoms with Crippen molar-refractivity contribution < 1.29 is 9.72 Å². The third-order valence-electron chi connectivity index (χ3n) is 3.77. The van der Waals surface area contributed by atoms with Crippen LogP contribution in [0.25, 0.3) is 0 Å². The van der Waals surface area contributed by atoms with Crippen molar-refractivity contribution in [2.75, 3.05) is 7.05 Å². The van der Waals surface area contributed by atoms with E-state index in [0.717, 1.165) is 10.2 Å². The molecule has 27 heavy (non-hydrogen) atoms. The molecule has 0 aliphatic heterocycles. The molecular formula is C14H16BrN9O3. The van der Waals surface area contributed by atoms with Gasteiger partial charge in [0.25, 0.3) is 5.91 Å². The molecule has 0 atom stereocenters. The van der Waals surface area contributed by atoms with Gasteiger partial charge < -0.3 is 15.0 Å². The van der Waals surface area contributed by atoms with Gasteiger partial charge in [0.1, 0.15) is 5.69 Å². The van der Waals surface area contributed by atoms with Crippen LogP contribution in [0.1, 0.15) is 23.1 Å². The van der Waals surface area contributed by atoms with Gasteiger partial charge in [-0.1, -0.05) is 4.98 Å². The third-order valence-corrected chi connectivity index (χ3v) is 4.43. The van der Waals surface area contributed by atoms with Gasteiger partial charge in [-0.05, 0) is 33.8 Å². The zero-order valence-electron chi connectivity index (χ0n) is 14.6. The Labute approximate surface area is 161 Å². The van der Waals surface area contributed by atoms with Gasteiger partial charge in [0.2, 0.25) is 6.33 Å². The molecule has 0 aromatic carbocycles. The molecule has 0 radical (unpaired) electrons. The Morgan fingerprint density at radius 1 is 1.37 bits per heavy atom. The maximum absolute atomic E-state index is 12.6. The van der Waals surface area contributed by atoms with Crippen LogP contribution in [0.3, 0.4) is 0 Å². The summed E-state index contributed by atoms with van der Waals surface area (Å²) in [5.74, 6) is -0.745. The quantitative estimate of drug-likeness (QED) is 0.399. The first-order chi connectivity index (χ1) is 12.9. The van der Waals surface area contributed by atoms with Gasteiger partial charge in [0.05, 0.1) is 22.9 Å². The lowest BCUT2D eigenvalue weighted by Gasteiger charge is -2.17. The van der Waals surface area contributed by atoms with E-state index >= 15 is 0 Å². The molecule has 12 nitrogen and oxygen atoms in total. The predicted octanol–water partition coefficient (Wildman–Crippen LogP) is 1.14. The van der Waals surface area contributed by atoms with Gasteiger partial charge in [0.15, 0.2) is 6.67 Å². The molecule has 0 aliphatic carbocycles. The first-order valence-electron chi connectivity index (χ1n) is 7.92. The number of nitro groups is 1. The van der Waals surface area contributed by atoms with Crippen molar-refractivity contribution in [3.63, 3.8) is 0 Å². The summed E-state index contributed by atoms with van der Waals surface area (Å²) >= 11 is 3.44. The van der Waals surface area contributed by atoms with Crippen LogP contribution >= 0.6 is 15.9 Å². The molecule has 0 fully saturated rings. The first kappa shape index (κ1) is 18.7. The molecule has 0 bridgehead atoms. The van der Waals surface area contributed by atoms with E-state index in [0.29, 0.717) is 13.1 Å². The normalized spacial score (nSPS) is 10.9. The van der Waals surface area contributed by atoms with Crippen LogP contribution in [-0.2, 0) is 19.8 Å². The number of carbonyl (C=O) groups is 1. The van der Waals surface area contributed by atoms with Crippen molar-refractivity contribution in [1.82, 2.24) is 39.2 Å². The number of carbonyl (C=O) groups excluding carboxylic acids is 1. The first-order valence-corrected chi connectivity index (χ1v) is 8.71. The molecule has 3 heterocycles. The Morgan fingerprint density at radius 2 is 2.15 bits per heavy atom. The van der Waals surface area contributed by atoms with Gasteiger partial charge in [-0.15, -0.1) is 0 Å². The van der Waals surface area contributed by atoms with Gasteiger partial charge in [0, 0.05) is 24.9 Å². The lowest BCUT2D eigenvalue weighted by atomic mass is 10.3. The molecule has 3 aromatic rings. The lowest BCUT2D eigenvalue weighted by Crippen LogP contribution is -2.28. The van der Waals surface area contributed by atoms with Crippen LogP contribution in [0.4, 0.5) is 5.95 Å². The second-order valence-corrected chi connectivity index (χ2v) is 6.49. The van der Waals surface area contributed by atoms with Crippen LogP contribution < -0.4 is 0 Å². The van der Waals surface area contributed by atoms with Crippen molar-refractivity contribution in [2.24, 2.45) is 0 Å². The molecule has 0 unspecified atom stereocenters. The number of aromatic nitrogens is 7. The highest BCUT2D eigenvalue weighted by Gasteiger charge is 2.19. The van der Waals surface area contributed by atoms with Crippen molar-refractivity contribution in [1.29, 1.82) is 0 Å². The summed E-state index contributed by atoms with van der Waals surface area (Å²) in [6.45, 7) is 3.14. The molecule has 0 spiro atoms. The summed E-state index contributed by atoms with van der Waals surface area (Å²) in [5.41, 5.74) is 1.15. The lowest BCUT2D eigenvalue weighted by molar-refractivity contribution is -0.394. The number of aryl methyl sites for hydroxylation is 1. The zero-order chi connectivity index (χ0) is 19.6. The average molecular weight is 438 g/mol. The van der Waals surface area contributed by atoms with Crippen LogP contribution in [0.2, 0.25) is 0 Å². The SMILES string of the molecule is CCn1ncc(Br)c1CN(C)C(=O)c1ccn(Cn2cnc([N+](=O)[O-])n2)n1. The van der Waals surface area contributed by atoms with E-state index in [1.807, 2.05) is 11.6 Å². The minimum absolute atomic E-state index is 0.103. The van der Waals surface area contributed by atoms with E-state index in [9.17, 15) is 14.9 Å². The summed E-state index contributed by atoms with van der Waals surface area (Å²) in [4.78, 5) is 27.7. The molecule has 0 saturated heterocycles. The number of amides is 1. The number of rotatable bonds is 7. The summed E-state index contributed by atoms with van der Waals surface area (Å²) < 4.78 is 5.36. The van der Waals surface area contributed by atoms with E-state index in [-0.39, 0.29) is 18.3 Å². The van der Waals surface area contributed by atoms with Crippen molar-refractivity contribution in [2.45, 2.75) is 26.7 Å². The van der Waals surface area contributed by atoms with Gasteiger partial charge in [-0.2, -0.15) is 14.9 Å². The minimum Gasteiger partial charge on any atom is -0.390 e. The second-order valence-electron chi connectivity index (χ2n) is 5.64. The molecule has 0 saturated carbocycles. The topological polar surface area (TPSA) is 130 Å². The largest absolute Gasteiger partial charge is 0.491 e. The van der Waals surface area contributed by atoms with E-state index < -0.39 is 10.9 Å². The van der Waals surface area contributed by atoms with E-state index in [2.05, 4.69) is 36.2 Å². The summed E-state index contributed by atoms with van der Waals surface area (Å²) in [6, 6.07) is 1.58. The molecule has 3 aromatic heterocycles. The molecule has 13 heteroatoms. The highest BCUT2D eigenvalue weighted by atomic mass is 79.9. The van der Waals surface area contributed by atoms with Crippen LogP contribution in [0.15, 0.2) is 29.3 Å². The fourth-order valence-electron chi connectivity index (χ4n) is 2.45. The van der Waals surface area contributed by atoms with Gasteiger partial charge >= 0.3 is 5.95 Å². The standard InChI is InChI=1S/C14H16BrN9O3/c1-3-23-12(10(15)6-17-23)7-20(2)13(25)11-4-5-21(18-11)9-22-8-16-14(19-22)24(26)27/h4-6,8H,3,7,9H2,1-2H3. The van der Waals surface area contributed by atoms with E-state index in [1.54, 1.807) is 30.4 Å². The van der Waals surface area contributed by atoms with Crippen LogP contribution in [0, 0.1) is 10.1 Å².